The van der Waals surface area contributed by atoms with E-state index in [1.54, 1.807) is 16.3 Å². The normalized spacial score (nSPS) is 10.2. The number of nitrogens with one attached hydrogen (secondary N) is 1. The minimum Gasteiger partial charge on any atom is -0.464 e. The number of aryl methyl sites for hydroxylation is 1. The van der Waals surface area contributed by atoms with Crippen LogP contribution in [0.25, 0.3) is 0 Å². The van der Waals surface area contributed by atoms with E-state index in [9.17, 15) is 4.79 Å². The van der Waals surface area contributed by atoms with Gasteiger partial charge >= 0.3 is 5.97 Å². The molecule has 6 nitrogen and oxygen atoms in total. The quantitative estimate of drug-likeness (QED) is 0.841. The van der Waals surface area contributed by atoms with Crippen LogP contribution in [-0.4, -0.2) is 27.8 Å². The van der Waals surface area contributed by atoms with Gasteiger partial charge in [-0.15, -0.1) is 11.3 Å². The molecule has 0 amide bonds. The molecule has 2 heterocycles. The molecule has 0 spiro atoms. The highest BCUT2D eigenvalue weighted by atomic mass is 32.1. The molecule has 0 saturated heterocycles. The number of nitrogens with zero attached hydrogens (tertiary/aromatic N) is 3. The van der Waals surface area contributed by atoms with Crippen LogP contribution in [0.1, 0.15) is 17.4 Å². The van der Waals surface area contributed by atoms with Gasteiger partial charge in [-0.25, -0.2) is 9.78 Å². The van der Waals surface area contributed by atoms with Crippen molar-refractivity contribution in [3.8, 4) is 0 Å². The second kappa shape index (κ2) is 4.96. The molecule has 0 bridgehead atoms. The van der Waals surface area contributed by atoms with Gasteiger partial charge in [-0.3, -0.25) is 4.68 Å². The van der Waals surface area contributed by atoms with Gasteiger partial charge in [0.2, 0.25) is 0 Å². The molecule has 0 fully saturated rings. The van der Waals surface area contributed by atoms with Gasteiger partial charge in [0.25, 0.3) is 0 Å². The van der Waals surface area contributed by atoms with E-state index in [1.807, 2.05) is 13.1 Å². The highest BCUT2D eigenvalue weighted by molar-refractivity contribution is 7.14. The second-order valence-corrected chi connectivity index (χ2v) is 4.10. The maximum absolute atomic E-state index is 11.2. The Labute approximate surface area is 102 Å². The Bertz CT molecular complexity index is 520. The smallest absolute Gasteiger partial charge is 0.357 e. The number of carbonyl (C=O) groups excluding carboxylic acids is 1. The van der Waals surface area contributed by atoms with Gasteiger partial charge in [0.15, 0.2) is 10.8 Å². The van der Waals surface area contributed by atoms with Crippen molar-refractivity contribution in [1.29, 1.82) is 0 Å². The molecule has 0 atom stereocenters. The molecule has 0 saturated carbocycles. The third-order valence-electron chi connectivity index (χ3n) is 2.11. The summed E-state index contributed by atoms with van der Waals surface area (Å²) in [5, 5.41) is 9.49. The molecular formula is C10H12N4O2S. The molecule has 0 unspecified atom stereocenters. The van der Waals surface area contributed by atoms with Gasteiger partial charge in [-0.2, -0.15) is 5.10 Å². The van der Waals surface area contributed by atoms with E-state index in [2.05, 4.69) is 20.1 Å². The summed E-state index contributed by atoms with van der Waals surface area (Å²) >= 11 is 1.34. The minimum absolute atomic E-state index is 0.308. The third-order valence-corrected chi connectivity index (χ3v) is 2.86. The van der Waals surface area contributed by atoms with Crippen molar-refractivity contribution in [2.75, 3.05) is 12.4 Å². The van der Waals surface area contributed by atoms with Crippen LogP contribution in [0.2, 0.25) is 0 Å². The largest absolute Gasteiger partial charge is 0.464 e. The molecular weight excluding hydrogens is 240 g/mol. The molecule has 90 valence electrons. The Morgan fingerprint density at radius 2 is 2.47 bits per heavy atom. The summed E-state index contributed by atoms with van der Waals surface area (Å²) in [7, 11) is 1.33. The summed E-state index contributed by atoms with van der Waals surface area (Å²) in [4.78, 5) is 15.3. The first-order valence-electron chi connectivity index (χ1n) is 5.06. The Morgan fingerprint density at radius 1 is 1.65 bits per heavy atom. The molecule has 1 N–H and O–H groups in total. The summed E-state index contributed by atoms with van der Waals surface area (Å²) in [6, 6.07) is 0. The summed E-state index contributed by atoms with van der Waals surface area (Å²) in [5.74, 6) is -0.432. The molecule has 2 aromatic rings. The van der Waals surface area contributed by atoms with Gasteiger partial charge in [0, 0.05) is 18.1 Å². The second-order valence-electron chi connectivity index (χ2n) is 3.24. The van der Waals surface area contributed by atoms with E-state index in [0.717, 1.165) is 12.2 Å². The molecule has 2 rings (SSSR count). The number of rotatable bonds is 4. The van der Waals surface area contributed by atoms with Crippen molar-refractivity contribution in [2.45, 2.75) is 13.5 Å². The standard InChI is InChI=1S/C10H12N4O2S/c1-3-14-5-7(4-11-14)12-10-13-8(6-17-10)9(15)16-2/h4-6H,3H2,1-2H3,(H,12,13). The van der Waals surface area contributed by atoms with Gasteiger partial charge in [-0.05, 0) is 6.92 Å². The average molecular weight is 252 g/mol. The van der Waals surface area contributed by atoms with Crippen LogP contribution in [0.4, 0.5) is 10.8 Å². The third kappa shape index (κ3) is 2.62. The number of carbonyl (C=O) groups is 1. The number of hydrogen-bond acceptors (Lipinski definition) is 6. The molecule has 0 aliphatic carbocycles. The van der Waals surface area contributed by atoms with Crippen LogP contribution in [0.15, 0.2) is 17.8 Å². The first kappa shape index (κ1) is 11.6. The van der Waals surface area contributed by atoms with E-state index in [1.165, 1.54) is 18.4 Å². The maximum atomic E-state index is 11.2. The summed E-state index contributed by atoms with van der Waals surface area (Å²) in [6.45, 7) is 2.82. The number of ether oxygens (including phenoxy) is 1. The lowest BCUT2D eigenvalue weighted by molar-refractivity contribution is 0.0595. The first-order valence-corrected chi connectivity index (χ1v) is 5.94. The summed E-state index contributed by atoms with van der Waals surface area (Å²) in [6.07, 6.45) is 3.59. The van der Waals surface area contributed by atoms with Crippen molar-refractivity contribution in [2.24, 2.45) is 0 Å². The van der Waals surface area contributed by atoms with Crippen molar-refractivity contribution >= 4 is 28.1 Å². The molecule has 2 aromatic heterocycles. The first-order chi connectivity index (χ1) is 8.22. The van der Waals surface area contributed by atoms with Gasteiger partial charge < -0.3 is 10.1 Å². The molecule has 0 aliphatic rings. The van der Waals surface area contributed by atoms with E-state index >= 15 is 0 Å². The Kier molecular flexibility index (Phi) is 3.38. The van der Waals surface area contributed by atoms with E-state index in [4.69, 9.17) is 0 Å². The predicted molar refractivity (Wildman–Crippen MR) is 64.6 cm³/mol. The van der Waals surface area contributed by atoms with E-state index < -0.39 is 5.97 Å². The minimum atomic E-state index is -0.432. The highest BCUT2D eigenvalue weighted by Gasteiger charge is 2.10. The van der Waals surface area contributed by atoms with Crippen molar-refractivity contribution in [3.05, 3.63) is 23.5 Å². The van der Waals surface area contributed by atoms with Crippen molar-refractivity contribution in [1.82, 2.24) is 14.8 Å². The van der Waals surface area contributed by atoms with Gasteiger partial charge in [0.05, 0.1) is 19.0 Å². The van der Waals surface area contributed by atoms with Crippen LogP contribution in [0.3, 0.4) is 0 Å². The zero-order valence-corrected chi connectivity index (χ0v) is 10.3. The number of esters is 1. The predicted octanol–water partition coefficient (Wildman–Crippen LogP) is 1.89. The lowest BCUT2D eigenvalue weighted by Crippen LogP contribution is -2.01. The van der Waals surface area contributed by atoms with Gasteiger partial charge in [0.1, 0.15) is 0 Å². The summed E-state index contributed by atoms with van der Waals surface area (Å²) in [5.41, 5.74) is 1.15. The monoisotopic (exact) mass is 252 g/mol. The number of hydrogen-bond donors (Lipinski definition) is 1. The highest BCUT2D eigenvalue weighted by Crippen LogP contribution is 2.20. The number of thiazole rings is 1. The lowest BCUT2D eigenvalue weighted by atomic mass is 10.5. The van der Waals surface area contributed by atoms with E-state index in [0.29, 0.717) is 10.8 Å². The fraction of sp³-hybridized carbons (Fsp3) is 0.300. The summed E-state index contributed by atoms with van der Waals surface area (Å²) < 4.78 is 6.39. The average Bonchev–Trinajstić information content (AvgIpc) is 2.97. The maximum Gasteiger partial charge on any atom is 0.357 e. The zero-order chi connectivity index (χ0) is 12.3. The lowest BCUT2D eigenvalue weighted by Gasteiger charge is -1.96. The van der Waals surface area contributed by atoms with Crippen LogP contribution in [0, 0.1) is 0 Å². The molecule has 0 aliphatic heterocycles. The van der Waals surface area contributed by atoms with Crippen LogP contribution in [0.5, 0.6) is 0 Å². The Morgan fingerprint density at radius 3 is 3.12 bits per heavy atom. The van der Waals surface area contributed by atoms with Crippen molar-refractivity contribution in [3.63, 3.8) is 0 Å². The Balaban J connectivity index is 2.08. The van der Waals surface area contributed by atoms with Crippen LogP contribution >= 0.6 is 11.3 Å². The fourth-order valence-corrected chi connectivity index (χ4v) is 1.95. The molecule has 0 radical (unpaired) electrons. The fourth-order valence-electron chi connectivity index (χ4n) is 1.25. The molecule has 0 aromatic carbocycles. The zero-order valence-electron chi connectivity index (χ0n) is 9.51. The SMILES string of the molecule is CCn1cc(Nc2nc(C(=O)OC)cs2)cn1. The van der Waals surface area contributed by atoms with Crippen LogP contribution in [-0.2, 0) is 11.3 Å². The van der Waals surface area contributed by atoms with Gasteiger partial charge in [-0.1, -0.05) is 0 Å². The number of anilines is 2. The molecule has 17 heavy (non-hydrogen) atoms. The Hall–Kier alpha value is -1.89. The molecule has 7 heteroatoms. The topological polar surface area (TPSA) is 69.0 Å². The van der Waals surface area contributed by atoms with Crippen LogP contribution < -0.4 is 5.32 Å². The van der Waals surface area contributed by atoms with Crippen molar-refractivity contribution < 1.29 is 9.53 Å². The number of methoxy groups -OCH3 is 1. The van der Waals surface area contributed by atoms with E-state index in [-0.39, 0.29) is 0 Å². The number of aromatic nitrogens is 3.